The summed E-state index contributed by atoms with van der Waals surface area (Å²) in [6.07, 6.45) is 2.79. The second-order valence-corrected chi connectivity index (χ2v) is 7.55. The van der Waals surface area contributed by atoms with E-state index in [1.54, 1.807) is 25.3 Å². The molecule has 0 saturated carbocycles. The number of nitrogens with one attached hydrogen (secondary N) is 1. The Kier molecular flexibility index (Phi) is 5.18. The van der Waals surface area contributed by atoms with E-state index in [-0.39, 0.29) is 5.91 Å². The van der Waals surface area contributed by atoms with Crippen molar-refractivity contribution in [2.24, 2.45) is 11.7 Å². The first-order chi connectivity index (χ1) is 12.4. The Labute approximate surface area is 156 Å². The van der Waals surface area contributed by atoms with Crippen LogP contribution in [0.3, 0.4) is 0 Å². The molecule has 1 aromatic carbocycles. The van der Waals surface area contributed by atoms with E-state index in [1.807, 2.05) is 0 Å². The fraction of sp³-hybridized carbons (Fsp3) is 0.368. The standard InChI is InChI=1S/C19H22N2O4S/c1-10-4-7-15-13(8-10)16(17(20)22)19(26-15)21-18(23)12-6-5-11(24-2)9-14(12)25-3/h5-6,9-10H,4,7-8H2,1-3H3,(H2,20,22)(H,21,23)/t10-/m1/s1. The van der Waals surface area contributed by atoms with Crippen LogP contribution in [0.15, 0.2) is 18.2 Å². The molecule has 1 aliphatic rings. The second-order valence-electron chi connectivity index (χ2n) is 6.44. The fourth-order valence-corrected chi connectivity index (χ4v) is 4.51. The SMILES string of the molecule is COc1ccc(C(=O)Nc2sc3c(c2C(N)=O)C[C@H](C)CC3)c(OC)c1. The molecule has 2 amide bonds. The van der Waals surface area contributed by atoms with Crippen molar-refractivity contribution in [3.8, 4) is 11.5 Å². The molecule has 3 N–H and O–H groups in total. The largest absolute Gasteiger partial charge is 0.497 e. The summed E-state index contributed by atoms with van der Waals surface area (Å²) in [5, 5.41) is 3.36. The zero-order valence-corrected chi connectivity index (χ0v) is 15.9. The average molecular weight is 374 g/mol. The number of methoxy groups -OCH3 is 2. The van der Waals surface area contributed by atoms with Crippen LogP contribution in [0.5, 0.6) is 11.5 Å². The molecule has 0 spiro atoms. The molecule has 1 aliphatic carbocycles. The molecule has 3 rings (SSSR count). The van der Waals surface area contributed by atoms with Crippen molar-refractivity contribution in [3.05, 3.63) is 39.8 Å². The number of hydrogen-bond acceptors (Lipinski definition) is 5. The van der Waals surface area contributed by atoms with Gasteiger partial charge >= 0.3 is 0 Å². The number of primary amides is 1. The van der Waals surface area contributed by atoms with Crippen LogP contribution in [0.25, 0.3) is 0 Å². The van der Waals surface area contributed by atoms with Crippen molar-refractivity contribution < 1.29 is 19.1 Å². The predicted molar refractivity (Wildman–Crippen MR) is 102 cm³/mol. The number of nitrogens with two attached hydrogens (primary N) is 1. The van der Waals surface area contributed by atoms with Gasteiger partial charge in [-0.25, -0.2) is 0 Å². The minimum absolute atomic E-state index is 0.348. The summed E-state index contributed by atoms with van der Waals surface area (Å²) in [6.45, 7) is 2.16. The van der Waals surface area contributed by atoms with Gasteiger partial charge in [0.2, 0.25) is 0 Å². The van der Waals surface area contributed by atoms with Crippen LogP contribution in [0.1, 0.15) is 44.5 Å². The van der Waals surface area contributed by atoms with E-state index in [0.29, 0.717) is 33.5 Å². The third-order valence-electron chi connectivity index (χ3n) is 4.63. The van der Waals surface area contributed by atoms with Crippen molar-refractivity contribution in [2.45, 2.75) is 26.2 Å². The molecule has 0 fully saturated rings. The normalized spacial score (nSPS) is 15.9. The van der Waals surface area contributed by atoms with Crippen LogP contribution in [-0.2, 0) is 12.8 Å². The number of amides is 2. The number of thiophene rings is 1. The molecule has 0 bridgehead atoms. The third-order valence-corrected chi connectivity index (χ3v) is 5.84. The van der Waals surface area contributed by atoms with Gasteiger partial charge in [-0.05, 0) is 42.9 Å². The maximum atomic E-state index is 12.8. The first-order valence-corrected chi connectivity index (χ1v) is 9.24. The number of benzene rings is 1. The average Bonchev–Trinajstić information content (AvgIpc) is 2.97. The van der Waals surface area contributed by atoms with E-state index in [0.717, 1.165) is 29.7 Å². The molecule has 7 heteroatoms. The number of carbonyl (C=O) groups excluding carboxylic acids is 2. The second kappa shape index (κ2) is 7.37. The van der Waals surface area contributed by atoms with Gasteiger partial charge in [-0.1, -0.05) is 6.92 Å². The van der Waals surface area contributed by atoms with Gasteiger partial charge in [0, 0.05) is 10.9 Å². The molecule has 0 aliphatic heterocycles. The van der Waals surface area contributed by atoms with Gasteiger partial charge < -0.3 is 20.5 Å². The Morgan fingerprint density at radius 3 is 2.69 bits per heavy atom. The monoisotopic (exact) mass is 374 g/mol. The number of rotatable bonds is 5. The quantitative estimate of drug-likeness (QED) is 0.840. The van der Waals surface area contributed by atoms with Crippen molar-refractivity contribution >= 4 is 28.2 Å². The highest BCUT2D eigenvalue weighted by Crippen LogP contribution is 2.40. The zero-order chi connectivity index (χ0) is 18.8. The lowest BCUT2D eigenvalue weighted by Crippen LogP contribution is -2.20. The van der Waals surface area contributed by atoms with Crippen LogP contribution >= 0.6 is 11.3 Å². The third kappa shape index (κ3) is 3.39. The van der Waals surface area contributed by atoms with Gasteiger partial charge in [-0.2, -0.15) is 0 Å². The number of anilines is 1. The smallest absolute Gasteiger partial charge is 0.260 e. The molecular formula is C19H22N2O4S. The van der Waals surface area contributed by atoms with Gasteiger partial charge in [0.05, 0.1) is 25.3 Å². The van der Waals surface area contributed by atoms with E-state index < -0.39 is 5.91 Å². The molecule has 26 heavy (non-hydrogen) atoms. The molecule has 0 saturated heterocycles. The number of ether oxygens (including phenoxy) is 2. The first kappa shape index (κ1) is 18.3. The molecule has 6 nitrogen and oxygen atoms in total. The van der Waals surface area contributed by atoms with Gasteiger partial charge in [0.25, 0.3) is 11.8 Å². The molecule has 138 valence electrons. The van der Waals surface area contributed by atoms with E-state index in [9.17, 15) is 9.59 Å². The Morgan fingerprint density at radius 2 is 2.04 bits per heavy atom. The lowest BCUT2D eigenvalue weighted by Gasteiger charge is -2.18. The van der Waals surface area contributed by atoms with Crippen molar-refractivity contribution in [1.82, 2.24) is 0 Å². The topological polar surface area (TPSA) is 90.6 Å². The van der Waals surface area contributed by atoms with E-state index >= 15 is 0 Å². The van der Waals surface area contributed by atoms with Crippen LogP contribution in [0, 0.1) is 5.92 Å². The van der Waals surface area contributed by atoms with Crippen molar-refractivity contribution in [2.75, 3.05) is 19.5 Å². The molecule has 1 atom stereocenters. The molecule has 1 aromatic heterocycles. The number of hydrogen-bond donors (Lipinski definition) is 2. The minimum atomic E-state index is -0.506. The number of aryl methyl sites for hydroxylation is 1. The number of carbonyl (C=O) groups is 2. The van der Waals surface area contributed by atoms with Gasteiger partial charge in [0.15, 0.2) is 0 Å². The summed E-state index contributed by atoms with van der Waals surface area (Å²) in [5.41, 5.74) is 7.40. The van der Waals surface area contributed by atoms with Crippen LogP contribution < -0.4 is 20.5 Å². The zero-order valence-electron chi connectivity index (χ0n) is 15.0. The summed E-state index contributed by atoms with van der Waals surface area (Å²) in [7, 11) is 3.04. The summed E-state index contributed by atoms with van der Waals surface area (Å²) < 4.78 is 10.4. The Hall–Kier alpha value is -2.54. The summed E-state index contributed by atoms with van der Waals surface area (Å²) in [5.74, 6) is 0.641. The Bertz CT molecular complexity index is 859. The lowest BCUT2D eigenvalue weighted by atomic mass is 9.87. The number of fused-ring (bicyclic) bond motifs is 1. The molecule has 0 radical (unpaired) electrons. The predicted octanol–water partition coefficient (Wildman–Crippen LogP) is 3.24. The fourth-order valence-electron chi connectivity index (χ4n) is 3.26. The maximum Gasteiger partial charge on any atom is 0.260 e. The molecule has 1 heterocycles. The van der Waals surface area contributed by atoms with E-state index in [1.165, 1.54) is 18.4 Å². The van der Waals surface area contributed by atoms with E-state index in [2.05, 4.69) is 12.2 Å². The van der Waals surface area contributed by atoms with Gasteiger partial charge in [-0.15, -0.1) is 11.3 Å². The molecule has 0 unspecified atom stereocenters. The molecular weight excluding hydrogens is 352 g/mol. The minimum Gasteiger partial charge on any atom is -0.497 e. The van der Waals surface area contributed by atoms with Crippen LogP contribution in [-0.4, -0.2) is 26.0 Å². The highest BCUT2D eigenvalue weighted by Gasteiger charge is 2.28. The Morgan fingerprint density at radius 1 is 1.27 bits per heavy atom. The highest BCUT2D eigenvalue weighted by molar-refractivity contribution is 7.17. The Balaban J connectivity index is 1.94. The van der Waals surface area contributed by atoms with Crippen LogP contribution in [0.2, 0.25) is 0 Å². The summed E-state index contributed by atoms with van der Waals surface area (Å²) >= 11 is 1.44. The van der Waals surface area contributed by atoms with E-state index in [4.69, 9.17) is 15.2 Å². The summed E-state index contributed by atoms with van der Waals surface area (Å²) in [6, 6.07) is 4.96. The maximum absolute atomic E-state index is 12.8. The van der Waals surface area contributed by atoms with Gasteiger partial charge in [0.1, 0.15) is 16.5 Å². The summed E-state index contributed by atoms with van der Waals surface area (Å²) in [4.78, 5) is 25.9. The van der Waals surface area contributed by atoms with Crippen molar-refractivity contribution in [1.29, 1.82) is 0 Å². The van der Waals surface area contributed by atoms with Crippen LogP contribution in [0.4, 0.5) is 5.00 Å². The van der Waals surface area contributed by atoms with Gasteiger partial charge in [-0.3, -0.25) is 9.59 Å². The first-order valence-electron chi connectivity index (χ1n) is 8.42. The lowest BCUT2D eigenvalue weighted by molar-refractivity contribution is 0.1000. The van der Waals surface area contributed by atoms with Crippen molar-refractivity contribution in [3.63, 3.8) is 0 Å². The molecule has 2 aromatic rings. The highest BCUT2D eigenvalue weighted by atomic mass is 32.1.